The number of rotatable bonds is 4. The van der Waals surface area contributed by atoms with E-state index in [4.69, 9.17) is 0 Å². The molecule has 1 N–H and O–H groups in total. The van der Waals surface area contributed by atoms with E-state index in [0.29, 0.717) is 6.42 Å². The van der Waals surface area contributed by atoms with Crippen LogP contribution in [0.3, 0.4) is 0 Å². The topological polar surface area (TPSA) is 42.0 Å². The molecule has 0 spiro atoms. The van der Waals surface area contributed by atoms with E-state index in [1.807, 2.05) is 30.3 Å². The van der Waals surface area contributed by atoms with Crippen LogP contribution in [0.1, 0.15) is 21.1 Å². The van der Waals surface area contributed by atoms with E-state index in [2.05, 4.69) is 10.3 Å². The average molecular weight is 330 g/mol. The Labute approximate surface area is 135 Å². The van der Waals surface area contributed by atoms with Crippen LogP contribution in [-0.4, -0.2) is 10.9 Å². The van der Waals surface area contributed by atoms with Gasteiger partial charge in [0.1, 0.15) is 17.3 Å². The Morgan fingerprint density at radius 2 is 1.91 bits per heavy atom. The summed E-state index contributed by atoms with van der Waals surface area (Å²) in [5.41, 5.74) is 1.23. The van der Waals surface area contributed by atoms with E-state index in [1.54, 1.807) is 5.38 Å². The van der Waals surface area contributed by atoms with Crippen molar-refractivity contribution in [3.8, 4) is 0 Å². The maximum atomic E-state index is 13.5. The normalized spacial score (nSPS) is 10.5. The number of hydrogen-bond donors (Lipinski definition) is 1. The molecule has 0 saturated heterocycles. The number of aromatic nitrogens is 1. The predicted molar refractivity (Wildman–Crippen MR) is 85.7 cm³/mol. The lowest BCUT2D eigenvalue weighted by atomic mass is 10.2. The second kappa shape index (κ2) is 6.66. The lowest BCUT2D eigenvalue weighted by Crippen LogP contribution is -2.13. The third-order valence-electron chi connectivity index (χ3n) is 3.16. The van der Waals surface area contributed by atoms with Crippen molar-refractivity contribution in [3.63, 3.8) is 0 Å². The first-order valence-electron chi connectivity index (χ1n) is 6.86. The van der Waals surface area contributed by atoms with E-state index in [0.717, 1.165) is 22.7 Å². The van der Waals surface area contributed by atoms with Crippen LogP contribution in [0, 0.1) is 11.6 Å². The monoisotopic (exact) mass is 330 g/mol. The van der Waals surface area contributed by atoms with Crippen molar-refractivity contribution in [2.45, 2.75) is 6.42 Å². The Kier molecular flexibility index (Phi) is 4.43. The van der Waals surface area contributed by atoms with Crippen LogP contribution < -0.4 is 5.32 Å². The highest BCUT2D eigenvalue weighted by Crippen LogP contribution is 2.18. The molecule has 3 nitrogen and oxygen atoms in total. The number of carbonyl (C=O) groups excluding carboxylic acids is 1. The van der Waals surface area contributed by atoms with Gasteiger partial charge in [-0.05, 0) is 17.7 Å². The highest BCUT2D eigenvalue weighted by Gasteiger charge is 2.13. The molecule has 0 atom stereocenters. The molecule has 0 unspecified atom stereocenters. The fourth-order valence-electron chi connectivity index (χ4n) is 2.04. The van der Waals surface area contributed by atoms with Crippen molar-refractivity contribution in [2.24, 2.45) is 0 Å². The molecule has 6 heteroatoms. The smallest absolute Gasteiger partial charge is 0.275 e. The molecule has 3 aromatic rings. The molecule has 1 amide bonds. The molecule has 0 aliphatic carbocycles. The maximum Gasteiger partial charge on any atom is 0.275 e. The fraction of sp³-hybridized carbons (Fsp3) is 0.0588. The second-order valence-electron chi connectivity index (χ2n) is 4.87. The Hall–Kier alpha value is -2.60. The molecular weight excluding hydrogens is 318 g/mol. The quantitative estimate of drug-likeness (QED) is 0.776. The zero-order valence-corrected chi connectivity index (χ0v) is 12.7. The first-order valence-corrected chi connectivity index (χ1v) is 7.74. The molecule has 0 aliphatic rings. The summed E-state index contributed by atoms with van der Waals surface area (Å²) in [7, 11) is 0. The molecule has 116 valence electrons. The van der Waals surface area contributed by atoms with Gasteiger partial charge in [-0.3, -0.25) is 4.79 Å². The first kappa shape index (κ1) is 15.3. The van der Waals surface area contributed by atoms with Gasteiger partial charge in [0.25, 0.3) is 5.91 Å². The molecule has 3 rings (SSSR count). The Morgan fingerprint density at radius 1 is 1.13 bits per heavy atom. The van der Waals surface area contributed by atoms with Crippen molar-refractivity contribution in [3.05, 3.63) is 81.8 Å². The molecule has 0 aliphatic heterocycles. The van der Waals surface area contributed by atoms with Gasteiger partial charge in [-0.25, -0.2) is 13.8 Å². The second-order valence-corrected chi connectivity index (χ2v) is 5.81. The van der Waals surface area contributed by atoms with Crippen LogP contribution in [0.4, 0.5) is 14.5 Å². The van der Waals surface area contributed by atoms with Crippen LogP contribution in [0.5, 0.6) is 0 Å². The van der Waals surface area contributed by atoms with Crippen molar-refractivity contribution < 1.29 is 13.6 Å². The Morgan fingerprint density at radius 3 is 2.65 bits per heavy atom. The van der Waals surface area contributed by atoms with Gasteiger partial charge in [-0.15, -0.1) is 11.3 Å². The van der Waals surface area contributed by atoms with Crippen molar-refractivity contribution >= 4 is 22.9 Å². The lowest BCUT2D eigenvalue weighted by Gasteiger charge is -2.04. The number of carbonyl (C=O) groups is 1. The summed E-state index contributed by atoms with van der Waals surface area (Å²) in [6, 6.07) is 12.8. The van der Waals surface area contributed by atoms with E-state index in [1.165, 1.54) is 17.4 Å². The molecule has 2 aromatic carbocycles. The Bertz CT molecular complexity index is 834. The van der Waals surface area contributed by atoms with Crippen LogP contribution in [-0.2, 0) is 6.42 Å². The summed E-state index contributed by atoms with van der Waals surface area (Å²) < 4.78 is 26.4. The number of hydrogen-bond acceptors (Lipinski definition) is 3. The molecular formula is C17H12F2N2OS. The number of halogens is 2. The number of benzene rings is 2. The molecule has 0 saturated carbocycles. The van der Waals surface area contributed by atoms with Gasteiger partial charge in [0.05, 0.1) is 10.7 Å². The molecule has 0 bridgehead atoms. The van der Waals surface area contributed by atoms with Gasteiger partial charge in [0.15, 0.2) is 0 Å². The van der Waals surface area contributed by atoms with Crippen LogP contribution in [0.2, 0.25) is 0 Å². The summed E-state index contributed by atoms with van der Waals surface area (Å²) in [5, 5.41) is 4.81. The molecule has 1 aromatic heterocycles. The summed E-state index contributed by atoms with van der Waals surface area (Å²) >= 11 is 1.36. The fourth-order valence-corrected chi connectivity index (χ4v) is 2.85. The largest absolute Gasteiger partial charge is 0.318 e. The first-order chi connectivity index (χ1) is 11.1. The summed E-state index contributed by atoms with van der Waals surface area (Å²) in [5.74, 6) is -2.04. The summed E-state index contributed by atoms with van der Waals surface area (Å²) in [4.78, 5) is 16.3. The van der Waals surface area contributed by atoms with Crippen LogP contribution in [0.25, 0.3) is 0 Å². The zero-order chi connectivity index (χ0) is 16.2. The number of anilines is 1. The van der Waals surface area contributed by atoms with Gasteiger partial charge in [-0.1, -0.05) is 30.3 Å². The standard InChI is InChI=1S/C17H12F2N2OS/c18-12-6-7-14(13(19)9-12)21-17(22)15-10-23-16(20-15)8-11-4-2-1-3-5-11/h1-7,9-10H,8H2,(H,21,22). The highest BCUT2D eigenvalue weighted by molar-refractivity contribution is 7.09. The third kappa shape index (κ3) is 3.78. The maximum absolute atomic E-state index is 13.5. The van der Waals surface area contributed by atoms with Crippen LogP contribution in [0.15, 0.2) is 53.9 Å². The zero-order valence-electron chi connectivity index (χ0n) is 11.9. The van der Waals surface area contributed by atoms with E-state index in [-0.39, 0.29) is 11.4 Å². The van der Waals surface area contributed by atoms with Crippen molar-refractivity contribution in [2.75, 3.05) is 5.32 Å². The van der Waals surface area contributed by atoms with Gasteiger partial charge in [0, 0.05) is 17.9 Å². The third-order valence-corrected chi connectivity index (χ3v) is 4.01. The van der Waals surface area contributed by atoms with Crippen LogP contribution >= 0.6 is 11.3 Å². The highest BCUT2D eigenvalue weighted by atomic mass is 32.1. The number of thiazole rings is 1. The minimum Gasteiger partial charge on any atom is -0.318 e. The van der Waals surface area contributed by atoms with E-state index in [9.17, 15) is 13.6 Å². The summed E-state index contributed by atoms with van der Waals surface area (Å²) in [6.07, 6.45) is 0.629. The van der Waals surface area contributed by atoms with Gasteiger partial charge in [0.2, 0.25) is 0 Å². The predicted octanol–water partition coefficient (Wildman–Crippen LogP) is 4.26. The number of nitrogens with one attached hydrogen (secondary N) is 1. The number of amides is 1. The molecule has 1 heterocycles. The van der Waals surface area contributed by atoms with E-state index >= 15 is 0 Å². The van der Waals surface area contributed by atoms with Crippen molar-refractivity contribution in [1.29, 1.82) is 0 Å². The SMILES string of the molecule is O=C(Nc1ccc(F)cc1F)c1csc(Cc2ccccc2)n1. The van der Waals surface area contributed by atoms with Gasteiger partial charge in [-0.2, -0.15) is 0 Å². The summed E-state index contributed by atoms with van der Waals surface area (Å²) in [6.45, 7) is 0. The molecule has 0 radical (unpaired) electrons. The minimum atomic E-state index is -0.821. The molecule has 23 heavy (non-hydrogen) atoms. The average Bonchev–Trinajstić information content (AvgIpc) is 3.00. The lowest BCUT2D eigenvalue weighted by molar-refractivity contribution is 0.102. The minimum absolute atomic E-state index is 0.0750. The van der Waals surface area contributed by atoms with Gasteiger partial charge >= 0.3 is 0 Å². The van der Waals surface area contributed by atoms with E-state index < -0.39 is 17.5 Å². The Balaban J connectivity index is 1.71. The molecule has 0 fully saturated rings. The van der Waals surface area contributed by atoms with Crippen molar-refractivity contribution in [1.82, 2.24) is 4.98 Å². The van der Waals surface area contributed by atoms with Gasteiger partial charge < -0.3 is 5.32 Å². The number of nitrogens with zero attached hydrogens (tertiary/aromatic N) is 1.